The zero-order chi connectivity index (χ0) is 16.3. The zero-order valence-corrected chi connectivity index (χ0v) is 13.7. The molecule has 0 radical (unpaired) electrons. The maximum atomic E-state index is 12.3. The van der Waals surface area contributed by atoms with Gasteiger partial charge in [-0.2, -0.15) is 0 Å². The largest absolute Gasteiger partial charge is 0.346 e. The lowest BCUT2D eigenvalue weighted by Crippen LogP contribution is -2.41. The van der Waals surface area contributed by atoms with Crippen molar-refractivity contribution in [1.82, 2.24) is 15.3 Å². The minimum Gasteiger partial charge on any atom is -0.346 e. The molecular formula is C17H22N4O. The van der Waals surface area contributed by atoms with E-state index in [1.807, 2.05) is 70.0 Å². The summed E-state index contributed by atoms with van der Waals surface area (Å²) in [6.45, 7) is 7.68. The normalized spacial score (nSPS) is 11.1. The summed E-state index contributed by atoms with van der Waals surface area (Å²) >= 11 is 0. The average molecular weight is 298 g/mol. The number of aryl methyl sites for hydroxylation is 1. The Morgan fingerprint density at radius 1 is 1.14 bits per heavy atom. The number of aromatic nitrogens is 2. The van der Waals surface area contributed by atoms with E-state index in [0.717, 1.165) is 11.4 Å². The van der Waals surface area contributed by atoms with E-state index in [4.69, 9.17) is 0 Å². The van der Waals surface area contributed by atoms with Crippen LogP contribution in [0.4, 0.5) is 11.6 Å². The summed E-state index contributed by atoms with van der Waals surface area (Å²) in [5.41, 5.74) is 1.80. The summed E-state index contributed by atoms with van der Waals surface area (Å²) in [4.78, 5) is 23.0. The first-order chi connectivity index (χ1) is 10.3. The standard InChI is InChI=1S/C17H22N4O/c1-12-11-14(15(22)20-17(2,3)4)19-16(18-12)21(5)13-9-7-6-8-10-13/h6-11H,1-5H3,(H,20,22). The van der Waals surface area contributed by atoms with Crippen LogP contribution in [0.25, 0.3) is 0 Å². The van der Waals surface area contributed by atoms with Gasteiger partial charge in [0.1, 0.15) is 5.69 Å². The summed E-state index contributed by atoms with van der Waals surface area (Å²) in [6, 6.07) is 11.5. The molecule has 0 atom stereocenters. The molecule has 5 heteroatoms. The van der Waals surface area contributed by atoms with Crippen LogP contribution in [0.15, 0.2) is 36.4 Å². The van der Waals surface area contributed by atoms with E-state index in [2.05, 4.69) is 15.3 Å². The van der Waals surface area contributed by atoms with Crippen molar-refractivity contribution in [3.63, 3.8) is 0 Å². The third kappa shape index (κ3) is 4.04. The monoisotopic (exact) mass is 298 g/mol. The van der Waals surface area contributed by atoms with Crippen LogP contribution in [0.5, 0.6) is 0 Å². The molecular weight excluding hydrogens is 276 g/mol. The molecule has 1 N–H and O–H groups in total. The molecule has 2 aromatic rings. The van der Waals surface area contributed by atoms with Crippen LogP contribution in [0.2, 0.25) is 0 Å². The van der Waals surface area contributed by atoms with Gasteiger partial charge in [0.2, 0.25) is 5.95 Å². The van der Waals surface area contributed by atoms with Crippen LogP contribution in [0.3, 0.4) is 0 Å². The van der Waals surface area contributed by atoms with Gasteiger partial charge in [0.05, 0.1) is 0 Å². The van der Waals surface area contributed by atoms with Gasteiger partial charge in [0.15, 0.2) is 0 Å². The number of hydrogen-bond donors (Lipinski definition) is 1. The Labute approximate surface area is 131 Å². The fourth-order valence-corrected chi connectivity index (χ4v) is 1.99. The Bertz CT molecular complexity index is 662. The number of para-hydroxylation sites is 1. The SMILES string of the molecule is Cc1cc(C(=O)NC(C)(C)C)nc(N(C)c2ccccc2)n1. The molecule has 1 aromatic carbocycles. The third-order valence-electron chi connectivity index (χ3n) is 3.01. The Morgan fingerprint density at radius 3 is 2.36 bits per heavy atom. The minimum absolute atomic E-state index is 0.194. The van der Waals surface area contributed by atoms with E-state index >= 15 is 0 Å². The molecule has 2 rings (SSSR count). The topological polar surface area (TPSA) is 58.1 Å². The highest BCUT2D eigenvalue weighted by molar-refractivity contribution is 5.93. The highest BCUT2D eigenvalue weighted by Crippen LogP contribution is 2.20. The van der Waals surface area contributed by atoms with Crippen molar-refractivity contribution in [2.24, 2.45) is 0 Å². The molecule has 0 saturated heterocycles. The van der Waals surface area contributed by atoms with E-state index in [9.17, 15) is 4.79 Å². The summed E-state index contributed by atoms with van der Waals surface area (Å²) in [5, 5.41) is 2.92. The maximum Gasteiger partial charge on any atom is 0.270 e. The summed E-state index contributed by atoms with van der Waals surface area (Å²) in [6.07, 6.45) is 0. The van der Waals surface area contributed by atoms with Crippen LogP contribution in [0, 0.1) is 6.92 Å². The summed E-state index contributed by atoms with van der Waals surface area (Å²) < 4.78 is 0. The van der Waals surface area contributed by atoms with Crippen molar-refractivity contribution in [3.8, 4) is 0 Å². The number of nitrogens with one attached hydrogen (secondary N) is 1. The Kier molecular flexibility index (Phi) is 4.45. The van der Waals surface area contributed by atoms with E-state index in [1.165, 1.54) is 0 Å². The molecule has 0 aliphatic carbocycles. The van der Waals surface area contributed by atoms with Gasteiger partial charge in [-0.15, -0.1) is 0 Å². The van der Waals surface area contributed by atoms with Crippen molar-refractivity contribution in [2.75, 3.05) is 11.9 Å². The van der Waals surface area contributed by atoms with Gasteiger partial charge >= 0.3 is 0 Å². The van der Waals surface area contributed by atoms with E-state index in [0.29, 0.717) is 11.6 Å². The second kappa shape index (κ2) is 6.13. The quantitative estimate of drug-likeness (QED) is 0.946. The smallest absolute Gasteiger partial charge is 0.270 e. The molecule has 1 aromatic heterocycles. The van der Waals surface area contributed by atoms with Gasteiger partial charge in [0.25, 0.3) is 5.91 Å². The average Bonchev–Trinajstić information content (AvgIpc) is 2.45. The molecule has 0 fully saturated rings. The van der Waals surface area contributed by atoms with Gasteiger partial charge in [0, 0.05) is 24.0 Å². The molecule has 1 amide bonds. The van der Waals surface area contributed by atoms with Gasteiger partial charge in [-0.1, -0.05) is 18.2 Å². The van der Waals surface area contributed by atoms with E-state index < -0.39 is 0 Å². The van der Waals surface area contributed by atoms with Crippen molar-refractivity contribution in [2.45, 2.75) is 33.2 Å². The first-order valence-corrected chi connectivity index (χ1v) is 7.23. The first kappa shape index (κ1) is 15.9. The molecule has 0 unspecified atom stereocenters. The predicted octanol–water partition coefficient (Wildman–Crippen LogP) is 3.08. The number of amides is 1. The number of carbonyl (C=O) groups is 1. The van der Waals surface area contributed by atoms with Crippen molar-refractivity contribution >= 4 is 17.5 Å². The summed E-state index contributed by atoms with van der Waals surface area (Å²) in [7, 11) is 1.88. The molecule has 22 heavy (non-hydrogen) atoms. The molecule has 0 saturated carbocycles. The lowest BCUT2D eigenvalue weighted by Gasteiger charge is -2.21. The van der Waals surface area contributed by atoms with E-state index in [-0.39, 0.29) is 11.4 Å². The Hall–Kier alpha value is -2.43. The number of anilines is 2. The second-order valence-corrected chi connectivity index (χ2v) is 6.29. The molecule has 0 bridgehead atoms. The molecule has 1 heterocycles. The fourth-order valence-electron chi connectivity index (χ4n) is 1.99. The zero-order valence-electron chi connectivity index (χ0n) is 13.7. The third-order valence-corrected chi connectivity index (χ3v) is 3.01. The van der Waals surface area contributed by atoms with E-state index in [1.54, 1.807) is 6.07 Å². The van der Waals surface area contributed by atoms with Crippen LogP contribution >= 0.6 is 0 Å². The molecule has 0 aliphatic heterocycles. The van der Waals surface area contributed by atoms with Crippen LogP contribution in [0.1, 0.15) is 37.0 Å². The van der Waals surface area contributed by atoms with Gasteiger partial charge in [-0.05, 0) is 45.9 Å². The van der Waals surface area contributed by atoms with Crippen LogP contribution in [-0.2, 0) is 0 Å². The molecule has 5 nitrogen and oxygen atoms in total. The number of nitrogens with zero attached hydrogens (tertiary/aromatic N) is 3. The lowest BCUT2D eigenvalue weighted by atomic mass is 10.1. The maximum absolute atomic E-state index is 12.3. The fraction of sp³-hybridized carbons (Fsp3) is 0.353. The predicted molar refractivity (Wildman–Crippen MR) is 88.5 cm³/mol. The number of carbonyl (C=O) groups excluding carboxylic acids is 1. The van der Waals surface area contributed by atoms with Crippen molar-refractivity contribution < 1.29 is 4.79 Å². The van der Waals surface area contributed by atoms with Crippen molar-refractivity contribution in [1.29, 1.82) is 0 Å². The minimum atomic E-state index is -0.304. The lowest BCUT2D eigenvalue weighted by molar-refractivity contribution is 0.0914. The van der Waals surface area contributed by atoms with Gasteiger partial charge in [-0.25, -0.2) is 9.97 Å². The van der Waals surface area contributed by atoms with Crippen LogP contribution < -0.4 is 10.2 Å². The Morgan fingerprint density at radius 2 is 1.77 bits per heavy atom. The number of benzene rings is 1. The molecule has 116 valence electrons. The second-order valence-electron chi connectivity index (χ2n) is 6.29. The number of hydrogen-bond acceptors (Lipinski definition) is 4. The van der Waals surface area contributed by atoms with Gasteiger partial charge < -0.3 is 10.2 Å². The summed E-state index contributed by atoms with van der Waals surface area (Å²) in [5.74, 6) is 0.311. The molecule has 0 aliphatic rings. The first-order valence-electron chi connectivity index (χ1n) is 7.23. The number of rotatable bonds is 3. The van der Waals surface area contributed by atoms with Crippen LogP contribution in [-0.4, -0.2) is 28.5 Å². The van der Waals surface area contributed by atoms with Crippen molar-refractivity contribution in [3.05, 3.63) is 47.8 Å². The highest BCUT2D eigenvalue weighted by atomic mass is 16.2. The van der Waals surface area contributed by atoms with Gasteiger partial charge in [-0.3, -0.25) is 4.79 Å². The molecule has 0 spiro atoms. The highest BCUT2D eigenvalue weighted by Gasteiger charge is 2.18. The Balaban J connectivity index is 2.33.